The van der Waals surface area contributed by atoms with Gasteiger partial charge in [-0.05, 0) is 24.7 Å². The first kappa shape index (κ1) is 12.6. The van der Waals surface area contributed by atoms with Crippen molar-refractivity contribution >= 4 is 11.6 Å². The average Bonchev–Trinajstić information content (AvgIpc) is 2.78. The molecule has 1 aliphatic rings. The molecule has 0 aromatic carbocycles. The number of nitrogens with zero attached hydrogens (tertiary/aromatic N) is 2. The highest BCUT2D eigenvalue weighted by molar-refractivity contribution is 6.30. The van der Waals surface area contributed by atoms with Crippen molar-refractivity contribution in [2.45, 2.75) is 45.4 Å². The molecule has 0 saturated heterocycles. The van der Waals surface area contributed by atoms with E-state index in [1.54, 1.807) is 0 Å². The zero-order valence-electron chi connectivity index (χ0n) is 10.4. The Morgan fingerprint density at radius 2 is 2.06 bits per heavy atom. The third kappa shape index (κ3) is 3.09. The molecule has 1 aromatic heterocycles. The maximum absolute atomic E-state index is 6.09. The van der Waals surface area contributed by atoms with Gasteiger partial charge in [0, 0.05) is 0 Å². The molecule has 4 heteroatoms. The molecular formula is C13H19ClN2O. The predicted molar refractivity (Wildman–Crippen MR) is 68.6 cm³/mol. The summed E-state index contributed by atoms with van der Waals surface area (Å²) < 4.78 is 5.83. The van der Waals surface area contributed by atoms with Crippen LogP contribution in [0.25, 0.3) is 0 Å². The fourth-order valence-electron chi connectivity index (χ4n) is 2.33. The smallest absolute Gasteiger partial charge is 0.221 e. The van der Waals surface area contributed by atoms with E-state index in [2.05, 4.69) is 23.8 Å². The quantitative estimate of drug-likeness (QED) is 0.766. The molecule has 0 amide bonds. The van der Waals surface area contributed by atoms with Gasteiger partial charge in [-0.3, -0.25) is 0 Å². The van der Waals surface area contributed by atoms with Gasteiger partial charge in [-0.1, -0.05) is 38.3 Å². The van der Waals surface area contributed by atoms with E-state index in [9.17, 15) is 0 Å². The Kier molecular flexibility index (Phi) is 4.21. The molecule has 0 N–H and O–H groups in total. The minimum absolute atomic E-state index is 0.280. The van der Waals surface area contributed by atoms with Gasteiger partial charge in [0.05, 0.1) is 12.2 Å². The van der Waals surface area contributed by atoms with Crippen molar-refractivity contribution in [3.05, 3.63) is 17.0 Å². The third-order valence-electron chi connectivity index (χ3n) is 3.31. The first-order valence-corrected chi connectivity index (χ1v) is 6.69. The minimum atomic E-state index is 0.280. The predicted octanol–water partition coefficient (Wildman–Crippen LogP) is 3.82. The SMILES string of the molecule is CC(C)c1c(Cl)ncnc1OCC1CCCC1. The van der Waals surface area contributed by atoms with Gasteiger partial charge in [0.25, 0.3) is 0 Å². The summed E-state index contributed by atoms with van der Waals surface area (Å²) in [5.41, 5.74) is 0.923. The van der Waals surface area contributed by atoms with Crippen LogP contribution in [0.2, 0.25) is 5.15 Å². The van der Waals surface area contributed by atoms with E-state index in [1.807, 2.05) is 0 Å². The van der Waals surface area contributed by atoms with Crippen molar-refractivity contribution in [3.8, 4) is 5.88 Å². The van der Waals surface area contributed by atoms with Gasteiger partial charge >= 0.3 is 0 Å². The summed E-state index contributed by atoms with van der Waals surface area (Å²) in [6.45, 7) is 4.91. The van der Waals surface area contributed by atoms with Crippen LogP contribution in [0.4, 0.5) is 0 Å². The van der Waals surface area contributed by atoms with Crippen LogP contribution in [-0.4, -0.2) is 16.6 Å². The van der Waals surface area contributed by atoms with Crippen LogP contribution in [0.5, 0.6) is 5.88 Å². The highest BCUT2D eigenvalue weighted by Gasteiger charge is 2.19. The summed E-state index contributed by atoms with van der Waals surface area (Å²) in [6.07, 6.45) is 6.68. The highest BCUT2D eigenvalue weighted by Crippen LogP contribution is 2.31. The lowest BCUT2D eigenvalue weighted by atomic mass is 10.1. The number of hydrogen-bond donors (Lipinski definition) is 0. The number of aromatic nitrogens is 2. The number of ether oxygens (including phenoxy) is 1. The number of hydrogen-bond acceptors (Lipinski definition) is 3. The van der Waals surface area contributed by atoms with E-state index in [4.69, 9.17) is 16.3 Å². The second kappa shape index (κ2) is 5.67. The van der Waals surface area contributed by atoms with E-state index >= 15 is 0 Å². The van der Waals surface area contributed by atoms with Gasteiger partial charge < -0.3 is 4.74 Å². The van der Waals surface area contributed by atoms with Gasteiger partial charge in [0.1, 0.15) is 11.5 Å². The largest absolute Gasteiger partial charge is 0.477 e. The van der Waals surface area contributed by atoms with Crippen molar-refractivity contribution in [1.82, 2.24) is 9.97 Å². The first-order chi connectivity index (χ1) is 8.18. The van der Waals surface area contributed by atoms with Crippen molar-refractivity contribution in [2.24, 2.45) is 5.92 Å². The lowest BCUT2D eigenvalue weighted by molar-refractivity contribution is 0.240. The summed E-state index contributed by atoms with van der Waals surface area (Å²) in [5, 5.41) is 0.511. The van der Waals surface area contributed by atoms with E-state index in [1.165, 1.54) is 32.0 Å². The Morgan fingerprint density at radius 1 is 1.35 bits per heavy atom. The number of halogens is 1. The molecule has 1 heterocycles. The van der Waals surface area contributed by atoms with Gasteiger partial charge in [-0.25, -0.2) is 9.97 Å². The van der Waals surface area contributed by atoms with E-state index < -0.39 is 0 Å². The molecule has 3 nitrogen and oxygen atoms in total. The molecule has 0 atom stereocenters. The van der Waals surface area contributed by atoms with Crippen molar-refractivity contribution in [3.63, 3.8) is 0 Å². The topological polar surface area (TPSA) is 35.0 Å². The Labute approximate surface area is 108 Å². The van der Waals surface area contributed by atoms with Crippen molar-refractivity contribution < 1.29 is 4.74 Å². The monoisotopic (exact) mass is 254 g/mol. The Morgan fingerprint density at radius 3 is 2.71 bits per heavy atom. The zero-order valence-corrected chi connectivity index (χ0v) is 11.2. The normalized spacial score (nSPS) is 16.7. The fourth-order valence-corrected chi connectivity index (χ4v) is 2.68. The van der Waals surface area contributed by atoms with Gasteiger partial charge in [0.2, 0.25) is 5.88 Å². The zero-order chi connectivity index (χ0) is 12.3. The number of rotatable bonds is 4. The molecule has 1 aliphatic carbocycles. The molecule has 1 fully saturated rings. The van der Waals surface area contributed by atoms with Crippen molar-refractivity contribution in [2.75, 3.05) is 6.61 Å². The molecule has 0 radical (unpaired) electrons. The molecule has 0 aliphatic heterocycles. The van der Waals surface area contributed by atoms with Crippen LogP contribution in [0.15, 0.2) is 6.33 Å². The molecule has 2 rings (SSSR count). The summed E-state index contributed by atoms with van der Waals surface area (Å²) >= 11 is 6.09. The minimum Gasteiger partial charge on any atom is -0.477 e. The lowest BCUT2D eigenvalue weighted by Gasteiger charge is -2.15. The summed E-state index contributed by atoms with van der Waals surface area (Å²) in [4.78, 5) is 8.22. The summed E-state index contributed by atoms with van der Waals surface area (Å²) in [5.74, 6) is 1.62. The first-order valence-electron chi connectivity index (χ1n) is 6.31. The molecule has 1 saturated carbocycles. The Bertz CT molecular complexity index is 376. The summed E-state index contributed by atoms with van der Waals surface area (Å²) in [7, 11) is 0. The lowest BCUT2D eigenvalue weighted by Crippen LogP contribution is -2.11. The van der Waals surface area contributed by atoms with Gasteiger partial charge in [-0.2, -0.15) is 0 Å². The van der Waals surface area contributed by atoms with Crippen LogP contribution in [0.3, 0.4) is 0 Å². The van der Waals surface area contributed by atoms with Crippen LogP contribution < -0.4 is 4.74 Å². The molecule has 0 spiro atoms. The molecule has 0 unspecified atom stereocenters. The average molecular weight is 255 g/mol. The Balaban J connectivity index is 2.06. The second-order valence-corrected chi connectivity index (χ2v) is 5.36. The second-order valence-electron chi connectivity index (χ2n) is 5.00. The molecule has 0 bridgehead atoms. The van der Waals surface area contributed by atoms with Crippen LogP contribution in [-0.2, 0) is 0 Å². The maximum Gasteiger partial charge on any atom is 0.221 e. The van der Waals surface area contributed by atoms with E-state index in [0.29, 0.717) is 17.0 Å². The summed E-state index contributed by atoms with van der Waals surface area (Å²) in [6, 6.07) is 0. The molecule has 94 valence electrons. The van der Waals surface area contributed by atoms with Gasteiger partial charge in [0.15, 0.2) is 0 Å². The van der Waals surface area contributed by atoms with Crippen LogP contribution in [0, 0.1) is 5.92 Å². The third-order valence-corrected chi connectivity index (χ3v) is 3.61. The Hall–Kier alpha value is -0.830. The van der Waals surface area contributed by atoms with Crippen LogP contribution in [0.1, 0.15) is 51.0 Å². The van der Waals surface area contributed by atoms with E-state index in [0.717, 1.165) is 12.2 Å². The molecular weight excluding hydrogens is 236 g/mol. The van der Waals surface area contributed by atoms with Crippen molar-refractivity contribution in [1.29, 1.82) is 0 Å². The molecule has 1 aromatic rings. The standard InChI is InChI=1S/C13H19ClN2O/c1-9(2)11-12(14)15-8-16-13(11)17-7-10-5-3-4-6-10/h8-10H,3-7H2,1-2H3. The highest BCUT2D eigenvalue weighted by atomic mass is 35.5. The van der Waals surface area contributed by atoms with Crippen LogP contribution >= 0.6 is 11.6 Å². The maximum atomic E-state index is 6.09. The molecule has 17 heavy (non-hydrogen) atoms. The fraction of sp³-hybridized carbons (Fsp3) is 0.692. The van der Waals surface area contributed by atoms with E-state index in [-0.39, 0.29) is 5.92 Å². The van der Waals surface area contributed by atoms with Gasteiger partial charge in [-0.15, -0.1) is 0 Å².